The van der Waals surface area contributed by atoms with Crippen molar-refractivity contribution in [2.75, 3.05) is 23.3 Å². The molecule has 0 aliphatic rings. The maximum absolute atomic E-state index is 10.8. The Morgan fingerprint density at radius 1 is 1.33 bits per heavy atom. The summed E-state index contributed by atoms with van der Waals surface area (Å²) >= 11 is 0. The number of rotatable bonds is 4. The molecular weight excluding hydrogens is 192 g/mol. The minimum Gasteiger partial charge on any atom is -0.356 e. The fourth-order valence-corrected chi connectivity index (χ4v) is 1.29. The number of hydrogen-bond acceptors (Lipinski definition) is 4. The van der Waals surface area contributed by atoms with Gasteiger partial charge in [-0.1, -0.05) is 0 Å². The van der Waals surface area contributed by atoms with E-state index < -0.39 is 0 Å². The van der Waals surface area contributed by atoms with Crippen LogP contribution in [-0.4, -0.2) is 29.2 Å². The molecule has 0 atom stereocenters. The summed E-state index contributed by atoms with van der Waals surface area (Å²) in [5.41, 5.74) is 0. The van der Waals surface area contributed by atoms with E-state index in [0.29, 0.717) is 5.82 Å². The predicted octanol–water partition coefficient (Wildman–Crippen LogP) is 1.28. The normalized spacial score (nSPS) is 9.80. The highest BCUT2D eigenvalue weighted by atomic mass is 16.1. The Balaban J connectivity index is 2.75. The second-order valence-corrected chi connectivity index (χ2v) is 3.13. The summed E-state index contributed by atoms with van der Waals surface area (Å²) in [7, 11) is 0. The van der Waals surface area contributed by atoms with Crippen molar-refractivity contribution in [2.24, 2.45) is 0 Å². The monoisotopic (exact) mass is 208 g/mol. The minimum absolute atomic E-state index is 0.139. The number of amides is 1. The van der Waals surface area contributed by atoms with E-state index in [1.54, 1.807) is 6.07 Å². The van der Waals surface area contributed by atoms with Gasteiger partial charge in [-0.3, -0.25) is 4.79 Å². The van der Waals surface area contributed by atoms with E-state index in [4.69, 9.17) is 0 Å². The summed E-state index contributed by atoms with van der Waals surface area (Å²) in [5.74, 6) is 1.17. The first-order chi connectivity index (χ1) is 7.17. The highest BCUT2D eigenvalue weighted by molar-refractivity contribution is 5.87. The Labute approximate surface area is 89.5 Å². The average Bonchev–Trinajstić information content (AvgIpc) is 2.21. The predicted molar refractivity (Wildman–Crippen MR) is 59.9 cm³/mol. The average molecular weight is 208 g/mol. The second-order valence-electron chi connectivity index (χ2n) is 3.13. The van der Waals surface area contributed by atoms with Gasteiger partial charge in [-0.15, -0.1) is 10.2 Å². The van der Waals surface area contributed by atoms with Crippen LogP contribution in [0.5, 0.6) is 0 Å². The van der Waals surface area contributed by atoms with E-state index >= 15 is 0 Å². The van der Waals surface area contributed by atoms with E-state index in [2.05, 4.69) is 34.3 Å². The van der Waals surface area contributed by atoms with Gasteiger partial charge in [0.15, 0.2) is 11.6 Å². The van der Waals surface area contributed by atoms with Crippen molar-refractivity contribution < 1.29 is 4.79 Å². The smallest absolute Gasteiger partial charge is 0.222 e. The standard InChI is InChI=1S/C10H16N4O/c1-4-14(5-2)10-7-6-9(12-13-10)11-8(3)15/h6-7H,4-5H2,1-3H3,(H,11,12,15). The van der Waals surface area contributed by atoms with E-state index in [1.165, 1.54) is 6.92 Å². The first-order valence-electron chi connectivity index (χ1n) is 5.03. The van der Waals surface area contributed by atoms with Crippen molar-refractivity contribution >= 4 is 17.5 Å². The van der Waals surface area contributed by atoms with Gasteiger partial charge in [0.25, 0.3) is 0 Å². The largest absolute Gasteiger partial charge is 0.356 e. The van der Waals surface area contributed by atoms with Crippen LogP contribution < -0.4 is 10.2 Å². The number of nitrogens with one attached hydrogen (secondary N) is 1. The Bertz CT molecular complexity index is 319. The van der Waals surface area contributed by atoms with Crippen molar-refractivity contribution in [1.82, 2.24) is 10.2 Å². The van der Waals surface area contributed by atoms with Crippen LogP contribution in [0.4, 0.5) is 11.6 Å². The summed E-state index contributed by atoms with van der Waals surface area (Å²) in [4.78, 5) is 12.8. The maximum atomic E-state index is 10.8. The van der Waals surface area contributed by atoms with E-state index in [-0.39, 0.29) is 5.91 Å². The molecule has 1 aromatic heterocycles. The molecule has 0 fully saturated rings. The minimum atomic E-state index is -0.139. The molecule has 0 aliphatic heterocycles. The Hall–Kier alpha value is -1.65. The fraction of sp³-hybridized carbons (Fsp3) is 0.500. The molecule has 0 saturated heterocycles. The summed E-state index contributed by atoms with van der Waals surface area (Å²) in [6, 6.07) is 3.60. The molecule has 15 heavy (non-hydrogen) atoms. The molecule has 0 aliphatic carbocycles. The molecule has 0 spiro atoms. The first kappa shape index (κ1) is 11.4. The SMILES string of the molecule is CCN(CC)c1ccc(NC(C)=O)nn1. The van der Waals surface area contributed by atoms with Crippen molar-refractivity contribution in [3.05, 3.63) is 12.1 Å². The van der Waals surface area contributed by atoms with Gasteiger partial charge in [0.2, 0.25) is 5.91 Å². The zero-order valence-corrected chi connectivity index (χ0v) is 9.32. The van der Waals surface area contributed by atoms with Gasteiger partial charge >= 0.3 is 0 Å². The van der Waals surface area contributed by atoms with Crippen LogP contribution in [0.3, 0.4) is 0 Å². The Kier molecular flexibility index (Phi) is 4.03. The lowest BCUT2D eigenvalue weighted by molar-refractivity contribution is -0.114. The number of nitrogens with zero attached hydrogens (tertiary/aromatic N) is 3. The molecule has 82 valence electrons. The molecule has 5 heteroatoms. The Morgan fingerprint density at radius 2 is 2.00 bits per heavy atom. The lowest BCUT2D eigenvalue weighted by atomic mass is 10.4. The van der Waals surface area contributed by atoms with Gasteiger partial charge in [0, 0.05) is 20.0 Å². The zero-order valence-electron chi connectivity index (χ0n) is 9.32. The number of carbonyl (C=O) groups excluding carboxylic acids is 1. The van der Waals surface area contributed by atoms with Crippen LogP contribution >= 0.6 is 0 Å². The van der Waals surface area contributed by atoms with Gasteiger partial charge in [-0.05, 0) is 26.0 Å². The van der Waals surface area contributed by atoms with Gasteiger partial charge in [0.1, 0.15) is 0 Å². The van der Waals surface area contributed by atoms with E-state index in [0.717, 1.165) is 18.9 Å². The third-order valence-corrected chi connectivity index (χ3v) is 2.04. The van der Waals surface area contributed by atoms with Crippen LogP contribution in [0.15, 0.2) is 12.1 Å². The van der Waals surface area contributed by atoms with Crippen LogP contribution in [0, 0.1) is 0 Å². The van der Waals surface area contributed by atoms with Crippen molar-refractivity contribution in [3.63, 3.8) is 0 Å². The molecule has 1 amide bonds. The van der Waals surface area contributed by atoms with Gasteiger partial charge in [0.05, 0.1) is 0 Å². The van der Waals surface area contributed by atoms with Crippen LogP contribution in [0.25, 0.3) is 0 Å². The number of anilines is 2. The molecular formula is C10H16N4O. The van der Waals surface area contributed by atoms with E-state index in [9.17, 15) is 4.79 Å². The topological polar surface area (TPSA) is 58.1 Å². The third kappa shape index (κ3) is 3.19. The summed E-state index contributed by atoms with van der Waals surface area (Å²) in [6.07, 6.45) is 0. The molecule has 1 N–H and O–H groups in total. The Morgan fingerprint density at radius 3 is 2.40 bits per heavy atom. The highest BCUT2D eigenvalue weighted by Crippen LogP contribution is 2.10. The van der Waals surface area contributed by atoms with E-state index in [1.807, 2.05) is 6.07 Å². The second kappa shape index (κ2) is 5.29. The maximum Gasteiger partial charge on any atom is 0.222 e. The molecule has 0 bridgehead atoms. The molecule has 5 nitrogen and oxygen atoms in total. The third-order valence-electron chi connectivity index (χ3n) is 2.04. The first-order valence-corrected chi connectivity index (χ1v) is 5.03. The highest BCUT2D eigenvalue weighted by Gasteiger charge is 2.04. The van der Waals surface area contributed by atoms with Crippen LogP contribution in [0.2, 0.25) is 0 Å². The summed E-state index contributed by atoms with van der Waals surface area (Å²) in [6.45, 7) is 7.36. The zero-order chi connectivity index (χ0) is 11.3. The number of hydrogen-bond donors (Lipinski definition) is 1. The van der Waals surface area contributed by atoms with Crippen molar-refractivity contribution in [1.29, 1.82) is 0 Å². The lowest BCUT2D eigenvalue weighted by Crippen LogP contribution is -2.23. The number of carbonyl (C=O) groups is 1. The van der Waals surface area contributed by atoms with Crippen molar-refractivity contribution in [3.8, 4) is 0 Å². The lowest BCUT2D eigenvalue weighted by Gasteiger charge is -2.18. The summed E-state index contributed by atoms with van der Waals surface area (Å²) in [5, 5.41) is 10.5. The van der Waals surface area contributed by atoms with Gasteiger partial charge in [-0.25, -0.2) is 0 Å². The molecule has 1 rings (SSSR count). The molecule has 0 unspecified atom stereocenters. The summed E-state index contributed by atoms with van der Waals surface area (Å²) < 4.78 is 0. The number of aromatic nitrogens is 2. The van der Waals surface area contributed by atoms with Crippen LogP contribution in [-0.2, 0) is 4.79 Å². The fourth-order valence-electron chi connectivity index (χ4n) is 1.29. The molecule has 1 heterocycles. The molecule has 0 radical (unpaired) electrons. The molecule has 0 saturated carbocycles. The molecule has 0 aromatic carbocycles. The van der Waals surface area contributed by atoms with Crippen LogP contribution in [0.1, 0.15) is 20.8 Å². The van der Waals surface area contributed by atoms with Crippen molar-refractivity contribution in [2.45, 2.75) is 20.8 Å². The molecule has 1 aromatic rings. The quantitative estimate of drug-likeness (QED) is 0.809. The van der Waals surface area contributed by atoms with Gasteiger partial charge < -0.3 is 10.2 Å². The van der Waals surface area contributed by atoms with Gasteiger partial charge in [-0.2, -0.15) is 0 Å².